The summed E-state index contributed by atoms with van der Waals surface area (Å²) in [5.41, 5.74) is 0. The lowest BCUT2D eigenvalue weighted by Crippen LogP contribution is -2.39. The van der Waals surface area contributed by atoms with Gasteiger partial charge in [-0.1, -0.05) is 13.8 Å². The number of carbonyl (C=O) groups excluding carboxylic acids is 1. The molecule has 2 fully saturated rings. The third kappa shape index (κ3) is 1.44. The van der Waals surface area contributed by atoms with Gasteiger partial charge < -0.3 is 10.2 Å². The molecule has 2 aliphatic heterocycles. The maximum Gasteiger partial charge on any atom is 0.222 e. The number of fused-ring (bicyclic) bond motifs is 1. The van der Waals surface area contributed by atoms with Crippen LogP contribution < -0.4 is 5.32 Å². The third-order valence-corrected chi connectivity index (χ3v) is 3.76. The maximum atomic E-state index is 11.7. The van der Waals surface area contributed by atoms with Crippen molar-refractivity contribution in [2.45, 2.75) is 32.7 Å². The van der Waals surface area contributed by atoms with Crippen molar-refractivity contribution in [3.05, 3.63) is 0 Å². The van der Waals surface area contributed by atoms with Crippen LogP contribution >= 0.6 is 0 Å². The third-order valence-electron chi connectivity index (χ3n) is 3.76. The zero-order valence-corrected chi connectivity index (χ0v) is 9.12. The van der Waals surface area contributed by atoms with E-state index in [2.05, 4.69) is 17.1 Å². The van der Waals surface area contributed by atoms with Gasteiger partial charge in [0.25, 0.3) is 0 Å². The Labute approximate surface area is 85.8 Å². The van der Waals surface area contributed by atoms with Crippen molar-refractivity contribution in [3.63, 3.8) is 0 Å². The first kappa shape index (κ1) is 9.97. The van der Waals surface area contributed by atoms with Gasteiger partial charge in [-0.15, -0.1) is 0 Å². The predicted molar refractivity (Wildman–Crippen MR) is 55.9 cm³/mol. The van der Waals surface area contributed by atoms with Gasteiger partial charge in [0, 0.05) is 32.1 Å². The van der Waals surface area contributed by atoms with E-state index in [0.29, 0.717) is 18.4 Å². The summed E-state index contributed by atoms with van der Waals surface area (Å²) in [6, 6.07) is 0.502. The van der Waals surface area contributed by atoms with Crippen molar-refractivity contribution in [3.8, 4) is 0 Å². The summed E-state index contributed by atoms with van der Waals surface area (Å²) in [5, 5.41) is 3.43. The lowest BCUT2D eigenvalue weighted by molar-refractivity contribution is -0.132. The summed E-state index contributed by atoms with van der Waals surface area (Å²) in [6.45, 7) is 7.36. The maximum absolute atomic E-state index is 11.7. The van der Waals surface area contributed by atoms with E-state index in [9.17, 15) is 4.79 Å². The van der Waals surface area contributed by atoms with Crippen LogP contribution in [-0.4, -0.2) is 36.5 Å². The minimum absolute atomic E-state index is 0.339. The number of rotatable bonds is 2. The molecule has 1 amide bonds. The van der Waals surface area contributed by atoms with E-state index >= 15 is 0 Å². The van der Waals surface area contributed by atoms with Crippen LogP contribution in [0.15, 0.2) is 0 Å². The Morgan fingerprint density at radius 1 is 1.43 bits per heavy atom. The van der Waals surface area contributed by atoms with Crippen LogP contribution in [0.4, 0.5) is 0 Å². The van der Waals surface area contributed by atoms with E-state index in [-0.39, 0.29) is 0 Å². The Hall–Kier alpha value is -0.570. The number of hydrogen-bond donors (Lipinski definition) is 1. The highest BCUT2D eigenvalue weighted by atomic mass is 16.2. The van der Waals surface area contributed by atoms with Crippen molar-refractivity contribution in [2.75, 3.05) is 19.6 Å². The summed E-state index contributed by atoms with van der Waals surface area (Å²) in [4.78, 5) is 13.8. The summed E-state index contributed by atoms with van der Waals surface area (Å²) in [5.74, 6) is 1.78. The molecule has 2 rings (SSSR count). The minimum atomic E-state index is 0.339. The quantitative estimate of drug-likeness (QED) is 0.710. The zero-order chi connectivity index (χ0) is 10.1. The monoisotopic (exact) mass is 196 g/mol. The number of nitrogens with one attached hydrogen (secondary N) is 1. The fourth-order valence-corrected chi connectivity index (χ4v) is 3.04. The van der Waals surface area contributed by atoms with Crippen LogP contribution in [0.2, 0.25) is 0 Å². The molecule has 80 valence electrons. The number of hydrogen-bond acceptors (Lipinski definition) is 2. The number of likely N-dealkylation sites (tertiary alicyclic amines) is 1. The summed E-state index contributed by atoms with van der Waals surface area (Å²) < 4.78 is 0. The fourth-order valence-electron chi connectivity index (χ4n) is 3.04. The molecule has 1 N–H and O–H groups in total. The van der Waals surface area contributed by atoms with Crippen LogP contribution in [0.5, 0.6) is 0 Å². The second kappa shape index (κ2) is 3.89. The van der Waals surface area contributed by atoms with Crippen LogP contribution in [0.1, 0.15) is 26.7 Å². The molecule has 14 heavy (non-hydrogen) atoms. The standard InChI is InChI=1S/C11H20N2O/c1-3-10-9-6-12-5-8(9)7-13(10)11(14)4-2/h8-10,12H,3-7H2,1-2H3. The van der Waals surface area contributed by atoms with Crippen LogP contribution in [0.3, 0.4) is 0 Å². The van der Waals surface area contributed by atoms with Gasteiger partial charge in [0.1, 0.15) is 0 Å². The largest absolute Gasteiger partial charge is 0.339 e. The molecule has 2 saturated heterocycles. The molecule has 0 spiro atoms. The lowest BCUT2D eigenvalue weighted by Gasteiger charge is -2.26. The Kier molecular flexibility index (Phi) is 2.77. The Bertz CT molecular complexity index is 229. The van der Waals surface area contributed by atoms with E-state index < -0.39 is 0 Å². The molecule has 0 aromatic rings. The van der Waals surface area contributed by atoms with Crippen molar-refractivity contribution >= 4 is 5.91 Å². The van der Waals surface area contributed by atoms with Gasteiger partial charge in [-0.3, -0.25) is 4.79 Å². The molecule has 0 aromatic heterocycles. The van der Waals surface area contributed by atoms with Gasteiger partial charge in [0.2, 0.25) is 5.91 Å². The van der Waals surface area contributed by atoms with Gasteiger partial charge in [-0.05, 0) is 18.3 Å². The molecule has 0 bridgehead atoms. The molecule has 0 saturated carbocycles. The van der Waals surface area contributed by atoms with E-state index in [4.69, 9.17) is 0 Å². The SMILES string of the molecule is CCC(=O)N1CC2CNCC2C1CC. The second-order valence-electron chi connectivity index (χ2n) is 4.46. The highest BCUT2D eigenvalue weighted by Crippen LogP contribution is 2.34. The van der Waals surface area contributed by atoms with Crippen molar-refractivity contribution in [1.29, 1.82) is 0 Å². The van der Waals surface area contributed by atoms with Crippen LogP contribution in [0.25, 0.3) is 0 Å². The van der Waals surface area contributed by atoms with Crippen molar-refractivity contribution < 1.29 is 4.79 Å². The lowest BCUT2D eigenvalue weighted by atomic mass is 9.93. The molecule has 2 aliphatic rings. The topological polar surface area (TPSA) is 32.3 Å². The highest BCUT2D eigenvalue weighted by molar-refractivity contribution is 5.76. The molecule has 0 aromatic carbocycles. The Balaban J connectivity index is 2.09. The van der Waals surface area contributed by atoms with Crippen LogP contribution in [-0.2, 0) is 4.79 Å². The smallest absolute Gasteiger partial charge is 0.222 e. The van der Waals surface area contributed by atoms with E-state index in [0.717, 1.165) is 37.9 Å². The average molecular weight is 196 g/mol. The Morgan fingerprint density at radius 2 is 2.21 bits per heavy atom. The molecule has 3 heteroatoms. The molecule has 3 atom stereocenters. The molecule has 3 unspecified atom stereocenters. The van der Waals surface area contributed by atoms with E-state index in [1.165, 1.54) is 0 Å². The van der Waals surface area contributed by atoms with Crippen LogP contribution in [0, 0.1) is 11.8 Å². The highest BCUT2D eigenvalue weighted by Gasteiger charge is 2.44. The number of amides is 1. The molecule has 2 heterocycles. The van der Waals surface area contributed by atoms with Gasteiger partial charge in [-0.2, -0.15) is 0 Å². The normalized spacial score (nSPS) is 36.1. The molecule has 0 aliphatic carbocycles. The average Bonchev–Trinajstić information content (AvgIpc) is 2.74. The first-order chi connectivity index (χ1) is 6.77. The first-order valence-corrected chi connectivity index (χ1v) is 5.78. The molecule has 0 radical (unpaired) electrons. The van der Waals surface area contributed by atoms with Gasteiger partial charge in [0.15, 0.2) is 0 Å². The summed E-state index contributed by atoms with van der Waals surface area (Å²) in [7, 11) is 0. The number of nitrogens with zero attached hydrogens (tertiary/aromatic N) is 1. The second-order valence-corrected chi connectivity index (χ2v) is 4.46. The van der Waals surface area contributed by atoms with Crippen molar-refractivity contribution in [1.82, 2.24) is 10.2 Å². The van der Waals surface area contributed by atoms with Gasteiger partial charge in [-0.25, -0.2) is 0 Å². The minimum Gasteiger partial charge on any atom is -0.339 e. The van der Waals surface area contributed by atoms with Gasteiger partial charge >= 0.3 is 0 Å². The van der Waals surface area contributed by atoms with Crippen molar-refractivity contribution in [2.24, 2.45) is 11.8 Å². The molecule has 3 nitrogen and oxygen atoms in total. The number of carbonyl (C=O) groups is 1. The fraction of sp³-hybridized carbons (Fsp3) is 0.909. The van der Waals surface area contributed by atoms with Gasteiger partial charge in [0.05, 0.1) is 0 Å². The first-order valence-electron chi connectivity index (χ1n) is 5.78. The zero-order valence-electron chi connectivity index (χ0n) is 9.12. The van der Waals surface area contributed by atoms with E-state index in [1.807, 2.05) is 6.92 Å². The van der Waals surface area contributed by atoms with E-state index in [1.54, 1.807) is 0 Å². The molecular weight excluding hydrogens is 176 g/mol. The molecular formula is C11H20N2O. The summed E-state index contributed by atoms with van der Waals surface area (Å²) >= 11 is 0. The predicted octanol–water partition coefficient (Wildman–Crippen LogP) is 0.853. The summed E-state index contributed by atoms with van der Waals surface area (Å²) in [6.07, 6.45) is 1.76. The Morgan fingerprint density at radius 3 is 2.86 bits per heavy atom.